The standard InChI is InChI=1S/C13H24N2O3/c1-2-18-13(16)4-3-11-9-12(10-14-11)15-5-7-17-8-6-15/h11-12,14H,2-10H2,1H3/t11-,12+/m1/s1. The van der Waals surface area contributed by atoms with Gasteiger partial charge in [0, 0.05) is 38.1 Å². The van der Waals surface area contributed by atoms with Crippen molar-refractivity contribution in [1.82, 2.24) is 10.2 Å². The van der Waals surface area contributed by atoms with Crippen molar-refractivity contribution in [3.05, 3.63) is 0 Å². The molecule has 2 aliphatic heterocycles. The molecule has 0 aliphatic carbocycles. The molecular weight excluding hydrogens is 232 g/mol. The van der Waals surface area contributed by atoms with Gasteiger partial charge in [-0.05, 0) is 19.8 Å². The molecule has 0 aromatic heterocycles. The van der Waals surface area contributed by atoms with Crippen LogP contribution in [0.4, 0.5) is 0 Å². The third kappa shape index (κ3) is 3.93. The Hall–Kier alpha value is -0.650. The average Bonchev–Trinajstić information content (AvgIpc) is 2.87. The summed E-state index contributed by atoms with van der Waals surface area (Å²) in [6.45, 7) is 7.14. The highest BCUT2D eigenvalue weighted by atomic mass is 16.5. The predicted molar refractivity (Wildman–Crippen MR) is 68.5 cm³/mol. The van der Waals surface area contributed by atoms with Gasteiger partial charge in [0.05, 0.1) is 19.8 Å². The molecule has 2 aliphatic rings. The van der Waals surface area contributed by atoms with Crippen LogP contribution >= 0.6 is 0 Å². The summed E-state index contributed by atoms with van der Waals surface area (Å²) in [5, 5.41) is 3.51. The van der Waals surface area contributed by atoms with Crippen LogP contribution in [0, 0.1) is 0 Å². The Kier molecular flexibility index (Phi) is 5.41. The van der Waals surface area contributed by atoms with E-state index in [9.17, 15) is 4.79 Å². The Morgan fingerprint density at radius 2 is 2.22 bits per heavy atom. The Morgan fingerprint density at radius 1 is 1.44 bits per heavy atom. The van der Waals surface area contributed by atoms with Crippen LogP contribution in [0.15, 0.2) is 0 Å². The summed E-state index contributed by atoms with van der Waals surface area (Å²) in [5.41, 5.74) is 0. The molecule has 0 unspecified atom stereocenters. The lowest BCUT2D eigenvalue weighted by atomic mass is 10.1. The number of carbonyl (C=O) groups excluding carboxylic acids is 1. The van der Waals surface area contributed by atoms with Gasteiger partial charge in [0.2, 0.25) is 0 Å². The van der Waals surface area contributed by atoms with E-state index in [-0.39, 0.29) is 5.97 Å². The van der Waals surface area contributed by atoms with Gasteiger partial charge >= 0.3 is 5.97 Å². The second-order valence-electron chi connectivity index (χ2n) is 4.99. The maximum atomic E-state index is 11.3. The summed E-state index contributed by atoms with van der Waals surface area (Å²) in [7, 11) is 0. The number of esters is 1. The fourth-order valence-electron chi connectivity index (χ4n) is 2.76. The summed E-state index contributed by atoms with van der Waals surface area (Å²) < 4.78 is 10.3. The van der Waals surface area contributed by atoms with E-state index in [4.69, 9.17) is 9.47 Å². The van der Waals surface area contributed by atoms with Crippen LogP contribution in [0.2, 0.25) is 0 Å². The predicted octanol–water partition coefficient (Wildman–Crippen LogP) is 0.392. The van der Waals surface area contributed by atoms with Crippen LogP contribution in [-0.4, -0.2) is 62.4 Å². The summed E-state index contributed by atoms with van der Waals surface area (Å²) >= 11 is 0. The smallest absolute Gasteiger partial charge is 0.305 e. The van der Waals surface area contributed by atoms with Crippen molar-refractivity contribution in [3.8, 4) is 0 Å². The first-order valence-electron chi connectivity index (χ1n) is 7.00. The largest absolute Gasteiger partial charge is 0.466 e. The van der Waals surface area contributed by atoms with Crippen molar-refractivity contribution in [1.29, 1.82) is 0 Å². The zero-order valence-electron chi connectivity index (χ0n) is 11.2. The lowest BCUT2D eigenvalue weighted by Crippen LogP contribution is -2.44. The van der Waals surface area contributed by atoms with Gasteiger partial charge in [-0.2, -0.15) is 0 Å². The van der Waals surface area contributed by atoms with Gasteiger partial charge in [-0.3, -0.25) is 9.69 Å². The minimum atomic E-state index is -0.0749. The van der Waals surface area contributed by atoms with E-state index in [0.717, 1.165) is 45.7 Å². The van der Waals surface area contributed by atoms with Crippen molar-refractivity contribution < 1.29 is 14.3 Å². The summed E-state index contributed by atoms with van der Waals surface area (Å²) in [6.07, 6.45) is 2.56. The minimum absolute atomic E-state index is 0.0749. The van der Waals surface area contributed by atoms with E-state index < -0.39 is 0 Å². The molecule has 104 valence electrons. The molecule has 0 aromatic carbocycles. The van der Waals surface area contributed by atoms with Crippen LogP contribution in [-0.2, 0) is 14.3 Å². The third-order valence-electron chi connectivity index (χ3n) is 3.76. The molecular formula is C13H24N2O3. The maximum Gasteiger partial charge on any atom is 0.305 e. The average molecular weight is 256 g/mol. The molecule has 1 N–H and O–H groups in total. The van der Waals surface area contributed by atoms with Gasteiger partial charge in [-0.15, -0.1) is 0 Å². The fraction of sp³-hybridized carbons (Fsp3) is 0.923. The van der Waals surface area contributed by atoms with E-state index in [2.05, 4.69) is 10.2 Å². The first kappa shape index (κ1) is 13.8. The Balaban J connectivity index is 1.66. The molecule has 2 saturated heterocycles. The molecule has 0 spiro atoms. The topological polar surface area (TPSA) is 50.8 Å². The summed E-state index contributed by atoms with van der Waals surface area (Å²) in [4.78, 5) is 13.8. The fourth-order valence-corrected chi connectivity index (χ4v) is 2.76. The summed E-state index contributed by atoms with van der Waals surface area (Å²) in [6, 6.07) is 1.07. The normalized spacial score (nSPS) is 29.4. The lowest BCUT2D eigenvalue weighted by Gasteiger charge is -2.31. The number of nitrogens with one attached hydrogen (secondary N) is 1. The third-order valence-corrected chi connectivity index (χ3v) is 3.76. The second kappa shape index (κ2) is 7.07. The molecule has 2 rings (SSSR count). The first-order valence-corrected chi connectivity index (χ1v) is 7.00. The Labute approximate surface area is 109 Å². The van der Waals surface area contributed by atoms with Gasteiger partial charge in [0.25, 0.3) is 0 Å². The quantitative estimate of drug-likeness (QED) is 0.721. The van der Waals surface area contributed by atoms with Crippen LogP contribution in [0.25, 0.3) is 0 Å². The molecule has 0 saturated carbocycles. The monoisotopic (exact) mass is 256 g/mol. The number of hydrogen-bond donors (Lipinski definition) is 1. The van der Waals surface area contributed by atoms with Gasteiger partial charge in [0.15, 0.2) is 0 Å². The number of carbonyl (C=O) groups is 1. The lowest BCUT2D eigenvalue weighted by molar-refractivity contribution is -0.143. The minimum Gasteiger partial charge on any atom is -0.466 e. The number of ether oxygens (including phenoxy) is 2. The van der Waals surface area contributed by atoms with Gasteiger partial charge in [-0.25, -0.2) is 0 Å². The van der Waals surface area contributed by atoms with Crippen LogP contribution in [0.1, 0.15) is 26.2 Å². The highest BCUT2D eigenvalue weighted by Gasteiger charge is 2.29. The zero-order valence-corrected chi connectivity index (χ0v) is 11.2. The number of hydrogen-bond acceptors (Lipinski definition) is 5. The highest BCUT2D eigenvalue weighted by molar-refractivity contribution is 5.69. The van der Waals surface area contributed by atoms with E-state index >= 15 is 0 Å². The van der Waals surface area contributed by atoms with E-state index in [1.54, 1.807) is 0 Å². The molecule has 5 heteroatoms. The molecule has 0 radical (unpaired) electrons. The van der Waals surface area contributed by atoms with E-state index in [1.807, 2.05) is 6.92 Å². The Morgan fingerprint density at radius 3 is 2.94 bits per heavy atom. The zero-order chi connectivity index (χ0) is 12.8. The molecule has 0 amide bonds. The second-order valence-corrected chi connectivity index (χ2v) is 4.99. The first-order chi connectivity index (χ1) is 8.79. The van der Waals surface area contributed by atoms with Crippen LogP contribution in [0.3, 0.4) is 0 Å². The van der Waals surface area contributed by atoms with Crippen LogP contribution in [0.5, 0.6) is 0 Å². The summed E-state index contributed by atoms with van der Waals surface area (Å²) in [5.74, 6) is -0.0749. The van der Waals surface area contributed by atoms with Crippen molar-refractivity contribution in [3.63, 3.8) is 0 Å². The van der Waals surface area contributed by atoms with Crippen molar-refractivity contribution in [2.24, 2.45) is 0 Å². The van der Waals surface area contributed by atoms with Gasteiger partial charge in [0.1, 0.15) is 0 Å². The number of nitrogens with zero attached hydrogens (tertiary/aromatic N) is 1. The number of rotatable bonds is 5. The van der Waals surface area contributed by atoms with E-state index in [0.29, 0.717) is 25.1 Å². The van der Waals surface area contributed by atoms with Gasteiger partial charge < -0.3 is 14.8 Å². The SMILES string of the molecule is CCOC(=O)CC[C@@H]1C[C@H](N2CCOCC2)CN1. The molecule has 18 heavy (non-hydrogen) atoms. The molecule has 0 bridgehead atoms. The highest BCUT2D eigenvalue weighted by Crippen LogP contribution is 2.18. The molecule has 2 heterocycles. The van der Waals surface area contributed by atoms with Gasteiger partial charge in [-0.1, -0.05) is 0 Å². The Bertz CT molecular complexity index is 267. The van der Waals surface area contributed by atoms with Crippen molar-refractivity contribution in [2.75, 3.05) is 39.5 Å². The van der Waals surface area contributed by atoms with Crippen molar-refractivity contribution in [2.45, 2.75) is 38.3 Å². The molecule has 0 aromatic rings. The molecule has 2 fully saturated rings. The van der Waals surface area contributed by atoms with Crippen LogP contribution < -0.4 is 5.32 Å². The molecule has 5 nitrogen and oxygen atoms in total. The van der Waals surface area contributed by atoms with Crippen molar-refractivity contribution >= 4 is 5.97 Å². The molecule has 2 atom stereocenters. The maximum absolute atomic E-state index is 11.3. The number of morpholine rings is 1. The van der Waals surface area contributed by atoms with E-state index in [1.165, 1.54) is 0 Å².